The SMILES string of the molecule is CCCCOC(C)Oc1ccc(-c2ccc3c(c2)C=C(C(=O)O)CCN3Cc2ccccc2OCC)cc1. The van der Waals surface area contributed by atoms with E-state index in [2.05, 4.69) is 36.1 Å². The number of rotatable bonds is 12. The van der Waals surface area contributed by atoms with E-state index in [1.807, 2.05) is 62.4 Å². The predicted molar refractivity (Wildman–Crippen MR) is 152 cm³/mol. The molecule has 1 aliphatic heterocycles. The minimum absolute atomic E-state index is 0.307. The summed E-state index contributed by atoms with van der Waals surface area (Å²) in [4.78, 5) is 14.2. The molecule has 6 nitrogen and oxygen atoms in total. The molecular formula is C32H37NO5. The predicted octanol–water partition coefficient (Wildman–Crippen LogP) is 7.17. The van der Waals surface area contributed by atoms with Crippen LogP contribution in [-0.4, -0.2) is 37.1 Å². The largest absolute Gasteiger partial charge is 0.494 e. The number of fused-ring (bicyclic) bond motifs is 1. The van der Waals surface area contributed by atoms with Gasteiger partial charge in [-0.1, -0.05) is 49.7 Å². The van der Waals surface area contributed by atoms with E-state index in [0.29, 0.717) is 38.3 Å². The quantitative estimate of drug-likeness (QED) is 0.204. The third-order valence-electron chi connectivity index (χ3n) is 6.60. The van der Waals surface area contributed by atoms with Crippen molar-refractivity contribution < 1.29 is 24.1 Å². The first kappa shape index (κ1) is 27.3. The van der Waals surface area contributed by atoms with Crippen LogP contribution in [-0.2, 0) is 16.1 Å². The van der Waals surface area contributed by atoms with Gasteiger partial charge in [0.25, 0.3) is 0 Å². The van der Waals surface area contributed by atoms with Crippen molar-refractivity contribution in [2.75, 3.05) is 24.7 Å². The lowest BCUT2D eigenvalue weighted by atomic mass is 10.00. The van der Waals surface area contributed by atoms with Crippen LogP contribution in [0.2, 0.25) is 0 Å². The molecule has 1 heterocycles. The summed E-state index contributed by atoms with van der Waals surface area (Å²) in [6.07, 6.45) is 4.06. The van der Waals surface area contributed by atoms with Gasteiger partial charge in [0.2, 0.25) is 0 Å². The second-order valence-corrected chi connectivity index (χ2v) is 9.39. The van der Waals surface area contributed by atoms with Crippen LogP contribution in [0.3, 0.4) is 0 Å². The maximum absolute atomic E-state index is 12.0. The highest BCUT2D eigenvalue weighted by atomic mass is 16.7. The standard InChI is InChI=1S/C32H37NO5/c1-4-6-19-37-23(3)38-29-14-11-24(12-15-29)25-13-16-30-28(20-25)21-26(32(34)35)17-18-33(30)22-27-9-7-8-10-31(27)36-5-2/h7-16,20-21,23H,4-6,17-19,22H2,1-3H3,(H,34,35). The van der Waals surface area contributed by atoms with E-state index in [9.17, 15) is 9.90 Å². The minimum atomic E-state index is -0.880. The number of benzene rings is 3. The van der Waals surface area contributed by atoms with Gasteiger partial charge in [0.15, 0.2) is 6.29 Å². The molecule has 0 aliphatic carbocycles. The first-order valence-corrected chi connectivity index (χ1v) is 13.4. The zero-order valence-electron chi connectivity index (χ0n) is 22.5. The van der Waals surface area contributed by atoms with Crippen molar-refractivity contribution in [3.8, 4) is 22.6 Å². The Bertz CT molecular complexity index is 1250. The molecule has 0 radical (unpaired) electrons. The maximum Gasteiger partial charge on any atom is 0.331 e. The Kier molecular flexibility index (Phi) is 9.44. The Morgan fingerprint density at radius 1 is 1.03 bits per heavy atom. The van der Waals surface area contributed by atoms with Crippen LogP contribution in [0, 0.1) is 0 Å². The van der Waals surface area contributed by atoms with Gasteiger partial charge >= 0.3 is 5.97 Å². The van der Waals surface area contributed by atoms with Gasteiger partial charge in [-0.2, -0.15) is 0 Å². The Balaban J connectivity index is 1.58. The lowest BCUT2D eigenvalue weighted by molar-refractivity contribution is -0.132. The highest BCUT2D eigenvalue weighted by molar-refractivity contribution is 5.94. The molecule has 38 heavy (non-hydrogen) atoms. The first-order valence-electron chi connectivity index (χ1n) is 13.4. The van der Waals surface area contributed by atoms with E-state index in [0.717, 1.165) is 52.3 Å². The van der Waals surface area contributed by atoms with Gasteiger partial charge in [-0.3, -0.25) is 0 Å². The fourth-order valence-electron chi connectivity index (χ4n) is 4.59. The molecule has 1 N–H and O–H groups in total. The third kappa shape index (κ3) is 6.95. The van der Waals surface area contributed by atoms with Crippen LogP contribution >= 0.6 is 0 Å². The summed E-state index contributed by atoms with van der Waals surface area (Å²) in [6.45, 7) is 8.53. The highest BCUT2D eigenvalue weighted by Crippen LogP contribution is 2.35. The molecule has 0 saturated carbocycles. The van der Waals surface area contributed by atoms with Crippen molar-refractivity contribution in [1.29, 1.82) is 0 Å². The van der Waals surface area contributed by atoms with Crippen LogP contribution in [0.5, 0.6) is 11.5 Å². The van der Waals surface area contributed by atoms with Gasteiger partial charge in [-0.05, 0) is 79.8 Å². The Morgan fingerprint density at radius 2 is 1.79 bits per heavy atom. The molecule has 0 fully saturated rings. The fourth-order valence-corrected chi connectivity index (χ4v) is 4.59. The number of hydrogen-bond acceptors (Lipinski definition) is 5. The number of anilines is 1. The minimum Gasteiger partial charge on any atom is -0.494 e. The number of unbranched alkanes of at least 4 members (excludes halogenated alkanes) is 1. The molecule has 0 amide bonds. The van der Waals surface area contributed by atoms with E-state index in [-0.39, 0.29) is 6.29 Å². The molecule has 200 valence electrons. The Hall–Kier alpha value is -3.77. The Morgan fingerprint density at radius 3 is 2.53 bits per heavy atom. The van der Waals surface area contributed by atoms with Crippen LogP contribution < -0.4 is 14.4 Å². The average molecular weight is 516 g/mol. The monoisotopic (exact) mass is 515 g/mol. The highest BCUT2D eigenvalue weighted by Gasteiger charge is 2.21. The van der Waals surface area contributed by atoms with Gasteiger partial charge in [-0.25, -0.2) is 4.79 Å². The summed E-state index contributed by atoms with van der Waals surface area (Å²) in [5.74, 6) is 0.727. The first-order chi connectivity index (χ1) is 18.5. The van der Waals surface area contributed by atoms with E-state index >= 15 is 0 Å². The van der Waals surface area contributed by atoms with Crippen LogP contribution in [0.1, 0.15) is 51.2 Å². The lowest BCUT2D eigenvalue weighted by Gasteiger charge is -2.26. The van der Waals surface area contributed by atoms with E-state index in [4.69, 9.17) is 14.2 Å². The number of carboxylic acids is 1. The summed E-state index contributed by atoms with van der Waals surface area (Å²) in [6, 6.07) is 22.2. The van der Waals surface area contributed by atoms with Crippen LogP contribution in [0.25, 0.3) is 17.2 Å². The van der Waals surface area contributed by atoms with Crippen molar-refractivity contribution in [3.63, 3.8) is 0 Å². The molecule has 0 spiro atoms. The molecule has 1 aliphatic rings. The smallest absolute Gasteiger partial charge is 0.331 e. The summed E-state index contributed by atoms with van der Waals surface area (Å²) in [7, 11) is 0. The van der Waals surface area contributed by atoms with Gasteiger partial charge in [0.1, 0.15) is 11.5 Å². The number of ether oxygens (including phenoxy) is 3. The van der Waals surface area contributed by atoms with E-state index < -0.39 is 5.97 Å². The fraction of sp³-hybridized carbons (Fsp3) is 0.344. The molecule has 4 rings (SSSR count). The normalized spacial score (nSPS) is 13.8. The Labute approximate surface area is 225 Å². The number of nitrogens with zero attached hydrogens (tertiary/aromatic N) is 1. The summed E-state index contributed by atoms with van der Waals surface area (Å²) in [5, 5.41) is 9.80. The number of para-hydroxylation sites is 1. The van der Waals surface area contributed by atoms with Gasteiger partial charge in [0.05, 0.1) is 13.2 Å². The zero-order chi connectivity index (χ0) is 26.9. The van der Waals surface area contributed by atoms with Crippen molar-refractivity contribution in [1.82, 2.24) is 0 Å². The zero-order valence-corrected chi connectivity index (χ0v) is 22.5. The average Bonchev–Trinajstić information content (AvgIpc) is 3.10. The van der Waals surface area contributed by atoms with Gasteiger partial charge < -0.3 is 24.2 Å². The van der Waals surface area contributed by atoms with Crippen molar-refractivity contribution in [2.45, 2.75) is 52.9 Å². The van der Waals surface area contributed by atoms with E-state index in [1.165, 1.54) is 0 Å². The third-order valence-corrected chi connectivity index (χ3v) is 6.60. The van der Waals surface area contributed by atoms with Crippen molar-refractivity contribution >= 4 is 17.7 Å². The summed E-state index contributed by atoms with van der Waals surface area (Å²) < 4.78 is 17.4. The van der Waals surface area contributed by atoms with Crippen LogP contribution in [0.15, 0.2) is 72.3 Å². The van der Waals surface area contributed by atoms with Crippen molar-refractivity contribution in [3.05, 3.63) is 83.4 Å². The van der Waals surface area contributed by atoms with Crippen LogP contribution in [0.4, 0.5) is 5.69 Å². The number of carboxylic acid groups (broad SMARTS) is 1. The second-order valence-electron chi connectivity index (χ2n) is 9.39. The summed E-state index contributed by atoms with van der Waals surface area (Å²) in [5.41, 5.74) is 5.43. The van der Waals surface area contributed by atoms with Gasteiger partial charge in [-0.15, -0.1) is 0 Å². The molecule has 3 aromatic rings. The number of aliphatic carboxylic acids is 1. The summed E-state index contributed by atoms with van der Waals surface area (Å²) >= 11 is 0. The topological polar surface area (TPSA) is 68.2 Å². The molecule has 6 heteroatoms. The molecule has 0 aromatic heterocycles. The molecule has 0 bridgehead atoms. The number of hydrogen-bond donors (Lipinski definition) is 1. The molecule has 1 atom stereocenters. The second kappa shape index (κ2) is 13.2. The van der Waals surface area contributed by atoms with Gasteiger partial charge in [0, 0.05) is 29.9 Å². The molecule has 1 unspecified atom stereocenters. The van der Waals surface area contributed by atoms with E-state index in [1.54, 1.807) is 0 Å². The lowest BCUT2D eigenvalue weighted by Crippen LogP contribution is -2.24. The van der Waals surface area contributed by atoms with Crippen molar-refractivity contribution in [2.24, 2.45) is 0 Å². The molecule has 3 aromatic carbocycles. The molecule has 0 saturated heterocycles. The molecular weight excluding hydrogens is 478 g/mol. The maximum atomic E-state index is 12.0. The number of carbonyl (C=O) groups is 1.